The van der Waals surface area contributed by atoms with Crippen LogP contribution in [0.4, 0.5) is 0 Å². The molecule has 0 unspecified atom stereocenters. The Morgan fingerprint density at radius 3 is 2.75 bits per heavy atom. The lowest BCUT2D eigenvalue weighted by Crippen LogP contribution is -2.40. The summed E-state index contributed by atoms with van der Waals surface area (Å²) in [5, 5.41) is 17.8. The predicted octanol–water partition coefficient (Wildman–Crippen LogP) is 0.933. The topological polar surface area (TPSA) is 107 Å². The van der Waals surface area contributed by atoms with Gasteiger partial charge in [0.1, 0.15) is 11.8 Å². The standard InChI is InChI=1S/C19H28N4O5/c24-18(16-2-1-3-17(16)19(25)26)22(8-13-4-5-13)9-14-10-23(21-20-14)11-15-12-27-6-7-28-15/h10,13,15-17H,1-9,11-12H2,(H,25,26)/t15-,16+,17-/m1/s1. The Balaban J connectivity index is 1.40. The maximum Gasteiger partial charge on any atom is 0.307 e. The molecule has 9 nitrogen and oxygen atoms in total. The number of hydrogen-bond acceptors (Lipinski definition) is 6. The van der Waals surface area contributed by atoms with Crippen LogP contribution in [0.2, 0.25) is 0 Å². The number of carboxylic acid groups (broad SMARTS) is 1. The molecule has 1 amide bonds. The molecule has 0 spiro atoms. The zero-order valence-corrected chi connectivity index (χ0v) is 16.0. The third kappa shape index (κ3) is 4.70. The van der Waals surface area contributed by atoms with Crippen LogP contribution in [0.15, 0.2) is 6.20 Å². The van der Waals surface area contributed by atoms with Gasteiger partial charge in [0.15, 0.2) is 0 Å². The molecule has 1 aromatic heterocycles. The first-order valence-electron chi connectivity index (χ1n) is 10.2. The first kappa shape index (κ1) is 19.3. The monoisotopic (exact) mass is 392 g/mol. The summed E-state index contributed by atoms with van der Waals surface area (Å²) in [5.74, 6) is -1.36. The van der Waals surface area contributed by atoms with Gasteiger partial charge in [0.25, 0.3) is 0 Å². The Labute approximate surface area is 164 Å². The summed E-state index contributed by atoms with van der Waals surface area (Å²) in [6, 6.07) is 0. The van der Waals surface area contributed by atoms with Crippen molar-refractivity contribution < 1.29 is 24.2 Å². The average molecular weight is 392 g/mol. The van der Waals surface area contributed by atoms with E-state index in [1.807, 2.05) is 6.20 Å². The lowest BCUT2D eigenvalue weighted by molar-refractivity contribution is -0.149. The number of ether oxygens (including phenoxy) is 2. The van der Waals surface area contributed by atoms with Gasteiger partial charge in [-0.2, -0.15) is 0 Å². The maximum absolute atomic E-state index is 13.1. The summed E-state index contributed by atoms with van der Waals surface area (Å²) < 4.78 is 12.8. The molecule has 4 rings (SSSR count). The van der Waals surface area contributed by atoms with Crippen LogP contribution in [0.5, 0.6) is 0 Å². The van der Waals surface area contributed by atoms with Gasteiger partial charge in [0.2, 0.25) is 5.91 Å². The summed E-state index contributed by atoms with van der Waals surface area (Å²) in [5.41, 5.74) is 0.718. The molecule has 0 aromatic carbocycles. The van der Waals surface area contributed by atoms with Crippen molar-refractivity contribution in [2.75, 3.05) is 26.4 Å². The highest BCUT2D eigenvalue weighted by Crippen LogP contribution is 2.36. The zero-order chi connectivity index (χ0) is 19.5. The molecule has 9 heteroatoms. The number of hydrogen-bond donors (Lipinski definition) is 1. The Bertz CT molecular complexity index is 698. The highest BCUT2D eigenvalue weighted by atomic mass is 16.6. The number of amides is 1. The predicted molar refractivity (Wildman–Crippen MR) is 97.2 cm³/mol. The van der Waals surface area contributed by atoms with Gasteiger partial charge in [-0.25, -0.2) is 4.68 Å². The van der Waals surface area contributed by atoms with Crippen molar-refractivity contribution in [2.24, 2.45) is 17.8 Å². The molecular formula is C19H28N4O5. The second kappa shape index (κ2) is 8.57. The molecule has 1 aromatic rings. The molecule has 1 N–H and O–H groups in total. The van der Waals surface area contributed by atoms with Crippen LogP contribution < -0.4 is 0 Å². The van der Waals surface area contributed by atoms with Crippen molar-refractivity contribution in [1.29, 1.82) is 0 Å². The molecule has 2 saturated carbocycles. The van der Waals surface area contributed by atoms with Gasteiger partial charge in [-0.05, 0) is 31.6 Å². The number of aromatic nitrogens is 3. The molecule has 1 aliphatic heterocycles. The molecule has 3 aliphatic rings. The minimum Gasteiger partial charge on any atom is -0.481 e. The summed E-state index contributed by atoms with van der Waals surface area (Å²) in [4.78, 5) is 26.4. The summed E-state index contributed by atoms with van der Waals surface area (Å²) >= 11 is 0. The molecule has 154 valence electrons. The van der Waals surface area contributed by atoms with E-state index in [1.165, 1.54) is 0 Å². The van der Waals surface area contributed by atoms with Crippen molar-refractivity contribution in [3.05, 3.63) is 11.9 Å². The summed E-state index contributed by atoms with van der Waals surface area (Å²) in [6.45, 7) is 3.36. The lowest BCUT2D eigenvalue weighted by atomic mass is 9.94. The van der Waals surface area contributed by atoms with Gasteiger partial charge < -0.3 is 19.5 Å². The fraction of sp³-hybridized carbons (Fsp3) is 0.789. The van der Waals surface area contributed by atoms with E-state index in [9.17, 15) is 14.7 Å². The Hall–Kier alpha value is -2.00. The van der Waals surface area contributed by atoms with E-state index in [0.717, 1.165) is 25.0 Å². The Morgan fingerprint density at radius 1 is 1.21 bits per heavy atom. The van der Waals surface area contributed by atoms with E-state index in [2.05, 4.69) is 10.3 Å². The van der Waals surface area contributed by atoms with Gasteiger partial charge in [-0.15, -0.1) is 5.10 Å². The van der Waals surface area contributed by atoms with E-state index in [1.54, 1.807) is 9.58 Å². The van der Waals surface area contributed by atoms with Crippen molar-refractivity contribution in [1.82, 2.24) is 19.9 Å². The van der Waals surface area contributed by atoms with Crippen LogP contribution in [0, 0.1) is 17.8 Å². The van der Waals surface area contributed by atoms with Gasteiger partial charge in [0.05, 0.1) is 50.9 Å². The van der Waals surface area contributed by atoms with E-state index in [4.69, 9.17) is 9.47 Å². The van der Waals surface area contributed by atoms with Crippen molar-refractivity contribution in [3.8, 4) is 0 Å². The lowest BCUT2D eigenvalue weighted by Gasteiger charge is -2.26. The average Bonchev–Trinajstić information content (AvgIpc) is 3.17. The van der Waals surface area contributed by atoms with Crippen LogP contribution in [-0.4, -0.2) is 69.3 Å². The molecule has 1 saturated heterocycles. The van der Waals surface area contributed by atoms with Crippen LogP contribution in [0.1, 0.15) is 37.8 Å². The van der Waals surface area contributed by atoms with E-state index >= 15 is 0 Å². The zero-order valence-electron chi connectivity index (χ0n) is 16.0. The highest BCUT2D eigenvalue weighted by Gasteiger charge is 2.41. The van der Waals surface area contributed by atoms with Gasteiger partial charge >= 0.3 is 5.97 Å². The quantitative estimate of drug-likeness (QED) is 0.701. The van der Waals surface area contributed by atoms with Crippen molar-refractivity contribution in [3.63, 3.8) is 0 Å². The second-order valence-corrected chi connectivity index (χ2v) is 8.14. The SMILES string of the molecule is O=C(O)[C@@H]1CCC[C@@H]1C(=O)N(Cc1cn(C[C@@H]2COCCO2)nn1)CC1CC1. The maximum atomic E-state index is 13.1. The number of carbonyl (C=O) groups is 2. The number of carboxylic acids is 1. The van der Waals surface area contributed by atoms with E-state index < -0.39 is 17.8 Å². The molecule has 2 aliphatic carbocycles. The normalized spacial score (nSPS) is 27.6. The van der Waals surface area contributed by atoms with E-state index in [-0.39, 0.29) is 12.0 Å². The Morgan fingerprint density at radius 2 is 2.04 bits per heavy atom. The smallest absolute Gasteiger partial charge is 0.307 e. The second-order valence-electron chi connectivity index (χ2n) is 8.14. The van der Waals surface area contributed by atoms with Gasteiger partial charge in [-0.1, -0.05) is 11.6 Å². The van der Waals surface area contributed by atoms with Crippen LogP contribution in [-0.2, 0) is 32.2 Å². The van der Waals surface area contributed by atoms with Crippen LogP contribution in [0.3, 0.4) is 0 Å². The van der Waals surface area contributed by atoms with E-state index in [0.29, 0.717) is 58.2 Å². The molecule has 28 heavy (non-hydrogen) atoms. The van der Waals surface area contributed by atoms with Crippen LogP contribution >= 0.6 is 0 Å². The first-order chi connectivity index (χ1) is 13.6. The van der Waals surface area contributed by atoms with Crippen molar-refractivity contribution in [2.45, 2.75) is 51.3 Å². The molecule has 0 radical (unpaired) electrons. The third-order valence-electron chi connectivity index (χ3n) is 5.85. The Kier molecular flexibility index (Phi) is 5.91. The fourth-order valence-electron chi connectivity index (χ4n) is 4.18. The van der Waals surface area contributed by atoms with Crippen molar-refractivity contribution >= 4 is 11.9 Å². The minimum absolute atomic E-state index is 0.0395. The first-order valence-corrected chi connectivity index (χ1v) is 10.2. The number of carbonyl (C=O) groups excluding carboxylic acids is 1. The molecule has 2 heterocycles. The molecule has 0 bridgehead atoms. The van der Waals surface area contributed by atoms with Crippen LogP contribution in [0.25, 0.3) is 0 Å². The van der Waals surface area contributed by atoms with Gasteiger partial charge in [-0.3, -0.25) is 9.59 Å². The molecular weight excluding hydrogens is 364 g/mol. The summed E-state index contributed by atoms with van der Waals surface area (Å²) in [7, 11) is 0. The highest BCUT2D eigenvalue weighted by molar-refractivity contribution is 5.85. The number of nitrogens with zero attached hydrogens (tertiary/aromatic N) is 4. The minimum atomic E-state index is -0.858. The van der Waals surface area contributed by atoms with Gasteiger partial charge in [0, 0.05) is 6.54 Å². The number of aliphatic carboxylic acids is 1. The molecule has 3 atom stereocenters. The summed E-state index contributed by atoms with van der Waals surface area (Å²) in [6.07, 6.45) is 6.09. The number of rotatable bonds is 8. The fourth-order valence-corrected chi connectivity index (χ4v) is 4.18. The largest absolute Gasteiger partial charge is 0.481 e. The third-order valence-corrected chi connectivity index (χ3v) is 5.85. The molecule has 3 fully saturated rings.